The number of hydrogen-bond acceptors (Lipinski definition) is 2. The molecule has 1 saturated carbocycles. The first-order valence-electron chi connectivity index (χ1n) is 9.14. The van der Waals surface area contributed by atoms with Crippen molar-refractivity contribution in [3.63, 3.8) is 0 Å². The fourth-order valence-electron chi connectivity index (χ4n) is 5.13. The van der Waals surface area contributed by atoms with E-state index < -0.39 is 0 Å². The Labute approximate surface area is 133 Å². The van der Waals surface area contributed by atoms with E-state index in [2.05, 4.69) is 51.8 Å². The van der Waals surface area contributed by atoms with Gasteiger partial charge in [0, 0.05) is 18.6 Å². The largest absolute Gasteiger partial charge is 0.313 e. The molecule has 1 atom stereocenters. The van der Waals surface area contributed by atoms with Crippen molar-refractivity contribution >= 4 is 0 Å². The van der Waals surface area contributed by atoms with Gasteiger partial charge in [0.25, 0.3) is 0 Å². The van der Waals surface area contributed by atoms with Crippen LogP contribution in [0.25, 0.3) is 0 Å². The van der Waals surface area contributed by atoms with E-state index in [9.17, 15) is 0 Å². The van der Waals surface area contributed by atoms with Crippen LogP contribution in [0, 0.1) is 16.7 Å². The molecular weight excluding hydrogens is 256 g/mol. The van der Waals surface area contributed by atoms with Crippen LogP contribution in [0.2, 0.25) is 0 Å². The molecule has 0 aromatic rings. The minimum atomic E-state index is 0.500. The monoisotopic (exact) mass is 294 g/mol. The molecule has 21 heavy (non-hydrogen) atoms. The molecule has 1 N–H and O–H groups in total. The van der Waals surface area contributed by atoms with Crippen molar-refractivity contribution in [2.24, 2.45) is 16.7 Å². The van der Waals surface area contributed by atoms with Crippen molar-refractivity contribution in [1.29, 1.82) is 0 Å². The second kappa shape index (κ2) is 6.58. The molecule has 0 radical (unpaired) electrons. The van der Waals surface area contributed by atoms with Gasteiger partial charge in [-0.05, 0) is 61.9 Å². The van der Waals surface area contributed by atoms with Crippen LogP contribution in [0.5, 0.6) is 0 Å². The molecule has 1 saturated heterocycles. The Kier molecular flexibility index (Phi) is 5.41. The SMILES string of the molecule is CC(C)CC1CN(C2CC(C)(C)CC(C)(C)C2)CCCN1. The van der Waals surface area contributed by atoms with Gasteiger partial charge in [0.05, 0.1) is 0 Å². The first-order chi connectivity index (χ1) is 9.67. The smallest absolute Gasteiger partial charge is 0.0197 e. The zero-order chi connectivity index (χ0) is 15.7. The van der Waals surface area contributed by atoms with E-state index in [0.717, 1.165) is 12.0 Å². The summed E-state index contributed by atoms with van der Waals surface area (Å²) in [5.74, 6) is 0.793. The first-order valence-corrected chi connectivity index (χ1v) is 9.14. The molecule has 2 nitrogen and oxygen atoms in total. The quantitative estimate of drug-likeness (QED) is 0.835. The van der Waals surface area contributed by atoms with Crippen LogP contribution in [0.1, 0.15) is 73.6 Å². The number of nitrogens with one attached hydrogen (secondary N) is 1. The van der Waals surface area contributed by atoms with Crippen molar-refractivity contribution in [3.8, 4) is 0 Å². The Bertz CT molecular complexity index is 316. The molecule has 0 bridgehead atoms. The van der Waals surface area contributed by atoms with Gasteiger partial charge in [-0.25, -0.2) is 0 Å². The molecule has 124 valence electrons. The van der Waals surface area contributed by atoms with E-state index in [1.807, 2.05) is 0 Å². The summed E-state index contributed by atoms with van der Waals surface area (Å²) in [4.78, 5) is 2.83. The predicted octanol–water partition coefficient (Wildman–Crippen LogP) is 4.30. The maximum atomic E-state index is 3.78. The maximum absolute atomic E-state index is 3.78. The third-order valence-corrected chi connectivity index (χ3v) is 5.32. The highest BCUT2D eigenvalue weighted by atomic mass is 15.2. The number of hydrogen-bond donors (Lipinski definition) is 1. The van der Waals surface area contributed by atoms with E-state index in [4.69, 9.17) is 0 Å². The highest BCUT2D eigenvalue weighted by Crippen LogP contribution is 2.47. The molecule has 1 unspecified atom stereocenters. The van der Waals surface area contributed by atoms with Gasteiger partial charge in [-0.2, -0.15) is 0 Å². The maximum Gasteiger partial charge on any atom is 0.0197 e. The van der Waals surface area contributed by atoms with Gasteiger partial charge in [-0.15, -0.1) is 0 Å². The molecule has 0 spiro atoms. The summed E-state index contributed by atoms with van der Waals surface area (Å²) in [6, 6.07) is 1.49. The summed E-state index contributed by atoms with van der Waals surface area (Å²) < 4.78 is 0. The van der Waals surface area contributed by atoms with E-state index in [0.29, 0.717) is 16.9 Å². The Hall–Kier alpha value is -0.0800. The summed E-state index contributed by atoms with van der Waals surface area (Å²) in [5.41, 5.74) is 0.999. The van der Waals surface area contributed by atoms with Gasteiger partial charge in [0.15, 0.2) is 0 Å². The topological polar surface area (TPSA) is 15.3 Å². The Morgan fingerprint density at radius 1 is 1.10 bits per heavy atom. The average molecular weight is 295 g/mol. The third kappa shape index (κ3) is 5.25. The minimum Gasteiger partial charge on any atom is -0.313 e. The number of nitrogens with zero attached hydrogens (tertiary/aromatic N) is 1. The standard InChI is InChI=1S/C19H38N2/c1-15(2)10-16-13-21(9-7-8-20-16)17-11-18(3,4)14-19(5,6)12-17/h15-17,20H,7-14H2,1-6H3. The van der Waals surface area contributed by atoms with Crippen molar-refractivity contribution in [2.75, 3.05) is 19.6 Å². The molecule has 2 heteroatoms. The van der Waals surface area contributed by atoms with Crippen LogP contribution in [0.3, 0.4) is 0 Å². The van der Waals surface area contributed by atoms with Crippen molar-refractivity contribution in [1.82, 2.24) is 10.2 Å². The predicted molar refractivity (Wildman–Crippen MR) is 92.6 cm³/mol. The highest BCUT2D eigenvalue weighted by molar-refractivity contribution is 4.94. The van der Waals surface area contributed by atoms with Gasteiger partial charge in [0.1, 0.15) is 0 Å². The Morgan fingerprint density at radius 3 is 2.29 bits per heavy atom. The summed E-state index contributed by atoms with van der Waals surface area (Å²) >= 11 is 0. The lowest BCUT2D eigenvalue weighted by Gasteiger charge is -2.49. The summed E-state index contributed by atoms with van der Waals surface area (Å²) in [6.45, 7) is 18.4. The summed E-state index contributed by atoms with van der Waals surface area (Å²) in [6.07, 6.45) is 6.76. The lowest BCUT2D eigenvalue weighted by atomic mass is 9.63. The van der Waals surface area contributed by atoms with E-state index >= 15 is 0 Å². The molecule has 1 aliphatic carbocycles. The zero-order valence-corrected chi connectivity index (χ0v) is 15.3. The van der Waals surface area contributed by atoms with Crippen LogP contribution in [0.15, 0.2) is 0 Å². The fraction of sp³-hybridized carbons (Fsp3) is 1.00. The van der Waals surface area contributed by atoms with Gasteiger partial charge in [-0.3, -0.25) is 4.90 Å². The lowest BCUT2D eigenvalue weighted by molar-refractivity contribution is 0.0229. The van der Waals surface area contributed by atoms with Crippen molar-refractivity contribution < 1.29 is 0 Å². The second-order valence-electron chi connectivity index (χ2n) is 9.70. The van der Waals surface area contributed by atoms with Gasteiger partial charge in [0.2, 0.25) is 0 Å². The van der Waals surface area contributed by atoms with E-state index in [1.54, 1.807) is 0 Å². The first kappa shape index (κ1) is 17.3. The highest BCUT2D eigenvalue weighted by Gasteiger charge is 2.41. The second-order valence-corrected chi connectivity index (χ2v) is 9.70. The Morgan fingerprint density at radius 2 is 1.71 bits per heavy atom. The Balaban J connectivity index is 2.04. The van der Waals surface area contributed by atoms with E-state index in [1.165, 1.54) is 51.7 Å². The molecule has 2 rings (SSSR count). The zero-order valence-electron chi connectivity index (χ0n) is 15.3. The third-order valence-electron chi connectivity index (χ3n) is 5.32. The van der Waals surface area contributed by atoms with Gasteiger partial charge >= 0.3 is 0 Å². The normalized spacial score (nSPS) is 31.3. The minimum absolute atomic E-state index is 0.500. The molecule has 0 aromatic heterocycles. The molecule has 1 heterocycles. The van der Waals surface area contributed by atoms with Gasteiger partial charge < -0.3 is 5.32 Å². The van der Waals surface area contributed by atoms with Crippen molar-refractivity contribution in [2.45, 2.75) is 85.7 Å². The average Bonchev–Trinajstić information content (AvgIpc) is 2.49. The van der Waals surface area contributed by atoms with Crippen LogP contribution in [-0.4, -0.2) is 36.6 Å². The van der Waals surface area contributed by atoms with Crippen LogP contribution >= 0.6 is 0 Å². The summed E-state index contributed by atoms with van der Waals surface area (Å²) in [5, 5.41) is 3.78. The lowest BCUT2D eigenvalue weighted by Crippen LogP contribution is -2.49. The van der Waals surface area contributed by atoms with E-state index in [-0.39, 0.29) is 0 Å². The van der Waals surface area contributed by atoms with Crippen LogP contribution in [-0.2, 0) is 0 Å². The molecule has 0 aromatic carbocycles. The fourth-order valence-corrected chi connectivity index (χ4v) is 5.13. The van der Waals surface area contributed by atoms with Crippen molar-refractivity contribution in [3.05, 3.63) is 0 Å². The molecular formula is C19H38N2. The molecule has 2 aliphatic rings. The van der Waals surface area contributed by atoms with Crippen LogP contribution < -0.4 is 5.32 Å². The van der Waals surface area contributed by atoms with Gasteiger partial charge in [-0.1, -0.05) is 41.5 Å². The summed E-state index contributed by atoms with van der Waals surface area (Å²) in [7, 11) is 0. The van der Waals surface area contributed by atoms with Crippen LogP contribution in [0.4, 0.5) is 0 Å². The molecule has 0 amide bonds. The number of rotatable bonds is 3. The molecule has 2 fully saturated rings. The molecule has 1 aliphatic heterocycles.